The Bertz CT molecular complexity index is 618. The number of halogens is 4. The lowest BCUT2D eigenvalue weighted by Gasteiger charge is -2.10. The topological polar surface area (TPSA) is 29.9 Å². The number of hydrogen-bond acceptors (Lipinski definition) is 2. The fourth-order valence-electron chi connectivity index (χ4n) is 1.90. The maximum absolute atomic E-state index is 13.7. The summed E-state index contributed by atoms with van der Waals surface area (Å²) in [7, 11) is 1.83. The van der Waals surface area contributed by atoms with Crippen LogP contribution in [0.3, 0.4) is 0 Å². The molecule has 0 aliphatic rings. The van der Waals surface area contributed by atoms with E-state index < -0.39 is 11.6 Å². The lowest BCUT2D eigenvalue weighted by Crippen LogP contribution is -2.08. The molecule has 0 bridgehead atoms. The fraction of sp³-hybridized carbons (Fsp3) is 0.308. The van der Waals surface area contributed by atoms with Crippen molar-refractivity contribution in [3.05, 3.63) is 44.1 Å². The summed E-state index contributed by atoms with van der Waals surface area (Å²) in [6.45, 7) is 2.39. The SMILES string of the molecule is CCc1nn(C)c(CNc2c(F)cc(F)cc2Br)c1Br. The Kier molecular flexibility index (Phi) is 4.80. The summed E-state index contributed by atoms with van der Waals surface area (Å²) in [5.41, 5.74) is 2.08. The van der Waals surface area contributed by atoms with Crippen LogP contribution >= 0.6 is 31.9 Å². The normalized spacial score (nSPS) is 10.9. The molecule has 2 aromatic rings. The minimum absolute atomic E-state index is 0.234. The first-order valence-electron chi connectivity index (χ1n) is 6.02. The van der Waals surface area contributed by atoms with E-state index in [0.717, 1.165) is 28.3 Å². The van der Waals surface area contributed by atoms with Gasteiger partial charge in [-0.3, -0.25) is 4.68 Å². The molecule has 7 heteroatoms. The van der Waals surface area contributed by atoms with Gasteiger partial charge in [0, 0.05) is 17.6 Å². The third kappa shape index (κ3) is 3.03. The van der Waals surface area contributed by atoms with Crippen molar-refractivity contribution in [1.82, 2.24) is 9.78 Å². The highest BCUT2D eigenvalue weighted by Gasteiger charge is 2.14. The predicted octanol–water partition coefficient (Wildman–Crippen LogP) is 4.40. The van der Waals surface area contributed by atoms with Gasteiger partial charge in [0.1, 0.15) is 11.6 Å². The molecule has 2 rings (SSSR count). The molecule has 0 atom stereocenters. The number of rotatable bonds is 4. The summed E-state index contributed by atoms with van der Waals surface area (Å²) in [4.78, 5) is 0. The van der Waals surface area contributed by atoms with Crippen LogP contribution in [0.15, 0.2) is 21.1 Å². The third-order valence-electron chi connectivity index (χ3n) is 2.94. The van der Waals surface area contributed by atoms with Crippen LogP contribution in [0.25, 0.3) is 0 Å². The standard InChI is InChI=1S/C13H13Br2F2N3/c1-3-10-12(15)11(20(2)19-10)6-18-13-8(14)4-7(16)5-9(13)17/h4-5,18H,3,6H2,1-2H3. The number of hydrogen-bond donors (Lipinski definition) is 1. The molecule has 0 saturated carbocycles. The quantitative estimate of drug-likeness (QED) is 0.812. The van der Waals surface area contributed by atoms with Gasteiger partial charge in [0.25, 0.3) is 0 Å². The van der Waals surface area contributed by atoms with Crippen molar-refractivity contribution in [2.24, 2.45) is 7.05 Å². The lowest BCUT2D eigenvalue weighted by atomic mass is 10.2. The molecule has 0 spiro atoms. The predicted molar refractivity (Wildman–Crippen MR) is 81.7 cm³/mol. The molecular weight excluding hydrogens is 396 g/mol. The van der Waals surface area contributed by atoms with Crippen LogP contribution in [0.5, 0.6) is 0 Å². The number of aryl methyl sites for hydroxylation is 2. The summed E-state index contributed by atoms with van der Waals surface area (Å²) in [6, 6.07) is 2.07. The Labute approximate surface area is 132 Å². The highest BCUT2D eigenvalue weighted by molar-refractivity contribution is 9.11. The zero-order valence-corrected chi connectivity index (χ0v) is 14.1. The van der Waals surface area contributed by atoms with Crippen LogP contribution in [0.1, 0.15) is 18.3 Å². The number of nitrogens with zero attached hydrogens (tertiary/aromatic N) is 2. The zero-order chi connectivity index (χ0) is 14.9. The Hall–Kier alpha value is -0.950. The molecule has 1 N–H and O–H groups in total. The molecule has 0 aliphatic carbocycles. The van der Waals surface area contributed by atoms with E-state index in [1.807, 2.05) is 14.0 Å². The largest absolute Gasteiger partial charge is 0.376 e. The van der Waals surface area contributed by atoms with E-state index >= 15 is 0 Å². The van der Waals surface area contributed by atoms with E-state index in [0.29, 0.717) is 11.0 Å². The van der Waals surface area contributed by atoms with Gasteiger partial charge in [-0.2, -0.15) is 5.10 Å². The first kappa shape index (κ1) is 15.4. The Morgan fingerprint density at radius 2 is 2.00 bits per heavy atom. The molecule has 1 heterocycles. The number of aromatic nitrogens is 2. The van der Waals surface area contributed by atoms with Crippen LogP contribution in [0.2, 0.25) is 0 Å². The van der Waals surface area contributed by atoms with Crippen LogP contribution in [-0.2, 0) is 20.0 Å². The highest BCUT2D eigenvalue weighted by atomic mass is 79.9. The molecule has 20 heavy (non-hydrogen) atoms. The van der Waals surface area contributed by atoms with Crippen LogP contribution in [0, 0.1) is 11.6 Å². The molecule has 0 fully saturated rings. The van der Waals surface area contributed by atoms with E-state index in [9.17, 15) is 8.78 Å². The summed E-state index contributed by atoms with van der Waals surface area (Å²) in [6.07, 6.45) is 0.809. The van der Waals surface area contributed by atoms with E-state index in [-0.39, 0.29) is 5.69 Å². The zero-order valence-electron chi connectivity index (χ0n) is 11.0. The second-order valence-corrected chi connectivity index (χ2v) is 5.93. The molecule has 3 nitrogen and oxygen atoms in total. The second kappa shape index (κ2) is 6.22. The van der Waals surface area contributed by atoms with Gasteiger partial charge < -0.3 is 5.32 Å². The van der Waals surface area contributed by atoms with Crippen molar-refractivity contribution in [1.29, 1.82) is 0 Å². The fourth-order valence-corrected chi connectivity index (χ4v) is 3.20. The van der Waals surface area contributed by atoms with Crippen molar-refractivity contribution >= 4 is 37.5 Å². The van der Waals surface area contributed by atoms with E-state index in [2.05, 4.69) is 42.3 Å². The smallest absolute Gasteiger partial charge is 0.150 e. The maximum Gasteiger partial charge on any atom is 0.150 e. The summed E-state index contributed by atoms with van der Waals surface area (Å²) in [5.74, 6) is -1.25. The van der Waals surface area contributed by atoms with Gasteiger partial charge in [-0.05, 0) is 44.3 Å². The van der Waals surface area contributed by atoms with Gasteiger partial charge in [-0.1, -0.05) is 6.92 Å². The number of nitrogens with one attached hydrogen (secondary N) is 1. The summed E-state index contributed by atoms with van der Waals surface area (Å²) < 4.78 is 29.8. The maximum atomic E-state index is 13.7. The minimum Gasteiger partial charge on any atom is -0.376 e. The van der Waals surface area contributed by atoms with Crippen LogP contribution in [-0.4, -0.2) is 9.78 Å². The van der Waals surface area contributed by atoms with Crippen molar-refractivity contribution in [2.45, 2.75) is 19.9 Å². The van der Waals surface area contributed by atoms with Crippen LogP contribution < -0.4 is 5.32 Å². The molecule has 0 unspecified atom stereocenters. The Balaban J connectivity index is 2.24. The molecule has 0 saturated heterocycles. The van der Waals surface area contributed by atoms with E-state index in [1.165, 1.54) is 6.07 Å². The second-order valence-electron chi connectivity index (χ2n) is 4.28. The first-order chi connectivity index (χ1) is 9.43. The van der Waals surface area contributed by atoms with E-state index in [4.69, 9.17) is 0 Å². The van der Waals surface area contributed by atoms with Gasteiger partial charge in [0.15, 0.2) is 0 Å². The average molecular weight is 409 g/mol. The molecular formula is C13H13Br2F2N3. The molecule has 108 valence electrons. The summed E-state index contributed by atoms with van der Waals surface area (Å²) in [5, 5.41) is 7.33. The van der Waals surface area contributed by atoms with Gasteiger partial charge in [0.05, 0.1) is 28.1 Å². The average Bonchev–Trinajstić information content (AvgIpc) is 2.64. The number of benzene rings is 1. The minimum atomic E-state index is -0.633. The van der Waals surface area contributed by atoms with Crippen molar-refractivity contribution < 1.29 is 8.78 Å². The third-order valence-corrected chi connectivity index (χ3v) is 4.48. The first-order valence-corrected chi connectivity index (χ1v) is 7.61. The lowest BCUT2D eigenvalue weighted by molar-refractivity contribution is 0.583. The Morgan fingerprint density at radius 1 is 1.30 bits per heavy atom. The van der Waals surface area contributed by atoms with Crippen molar-refractivity contribution in [3.8, 4) is 0 Å². The molecule has 1 aromatic carbocycles. The highest BCUT2D eigenvalue weighted by Crippen LogP contribution is 2.28. The monoisotopic (exact) mass is 407 g/mol. The van der Waals surface area contributed by atoms with E-state index in [1.54, 1.807) is 4.68 Å². The van der Waals surface area contributed by atoms with Crippen molar-refractivity contribution in [3.63, 3.8) is 0 Å². The number of anilines is 1. The molecule has 0 amide bonds. The molecule has 0 radical (unpaired) electrons. The van der Waals surface area contributed by atoms with Crippen LogP contribution in [0.4, 0.5) is 14.5 Å². The van der Waals surface area contributed by atoms with Crippen molar-refractivity contribution in [2.75, 3.05) is 5.32 Å². The van der Waals surface area contributed by atoms with Gasteiger partial charge >= 0.3 is 0 Å². The van der Waals surface area contributed by atoms with Gasteiger partial charge in [-0.15, -0.1) is 0 Å². The summed E-state index contributed by atoms with van der Waals surface area (Å²) >= 11 is 6.65. The molecule has 0 aliphatic heterocycles. The molecule has 1 aromatic heterocycles. The Morgan fingerprint density at radius 3 is 2.55 bits per heavy atom. The van der Waals surface area contributed by atoms with Gasteiger partial charge in [0.2, 0.25) is 0 Å². The van der Waals surface area contributed by atoms with Gasteiger partial charge in [-0.25, -0.2) is 8.78 Å².